The van der Waals surface area contributed by atoms with Gasteiger partial charge in [0, 0.05) is 17.0 Å². The van der Waals surface area contributed by atoms with E-state index in [4.69, 9.17) is 4.74 Å². The number of nitrogens with one attached hydrogen (secondary N) is 1. The van der Waals surface area contributed by atoms with Crippen molar-refractivity contribution in [2.75, 3.05) is 13.2 Å². The van der Waals surface area contributed by atoms with Crippen molar-refractivity contribution in [3.8, 4) is 0 Å². The maximum Gasteiger partial charge on any atom is 0.0898 e. The van der Waals surface area contributed by atoms with Gasteiger partial charge in [-0.3, -0.25) is 0 Å². The van der Waals surface area contributed by atoms with Crippen LogP contribution in [0, 0.1) is 0 Å². The fourth-order valence-corrected chi connectivity index (χ4v) is 2.98. The van der Waals surface area contributed by atoms with Crippen LogP contribution in [0.1, 0.15) is 37.5 Å². The van der Waals surface area contributed by atoms with E-state index in [1.165, 1.54) is 24.1 Å². The summed E-state index contributed by atoms with van der Waals surface area (Å²) in [4.78, 5) is 1.21. The molecule has 1 atom stereocenters. The SMILES string of the molecule is CCC1(NCC(O)COCc2cccs2)CCC1. The van der Waals surface area contributed by atoms with Crippen molar-refractivity contribution in [3.05, 3.63) is 22.4 Å². The van der Waals surface area contributed by atoms with Crippen LogP contribution >= 0.6 is 11.3 Å². The molecule has 0 amide bonds. The molecule has 2 rings (SSSR count). The molecule has 18 heavy (non-hydrogen) atoms. The number of β-amino-alcohol motifs (C(OH)–C–C–N with tert-alkyl or cyclic N) is 1. The molecule has 1 aliphatic rings. The van der Waals surface area contributed by atoms with Gasteiger partial charge in [0.25, 0.3) is 0 Å². The molecular weight excluding hydrogens is 246 g/mol. The summed E-state index contributed by atoms with van der Waals surface area (Å²) in [5, 5.41) is 15.4. The molecule has 3 nitrogen and oxygen atoms in total. The van der Waals surface area contributed by atoms with Crippen LogP contribution in [0.2, 0.25) is 0 Å². The average molecular weight is 269 g/mol. The van der Waals surface area contributed by atoms with Gasteiger partial charge < -0.3 is 15.2 Å². The summed E-state index contributed by atoms with van der Waals surface area (Å²) in [5.41, 5.74) is 0.300. The number of hydrogen-bond acceptors (Lipinski definition) is 4. The Morgan fingerprint density at radius 1 is 1.56 bits per heavy atom. The van der Waals surface area contributed by atoms with Gasteiger partial charge in [0.05, 0.1) is 19.3 Å². The molecule has 0 aliphatic heterocycles. The Morgan fingerprint density at radius 2 is 2.39 bits per heavy atom. The number of thiophene rings is 1. The molecule has 0 aromatic carbocycles. The van der Waals surface area contributed by atoms with Crippen LogP contribution in [0.3, 0.4) is 0 Å². The summed E-state index contributed by atoms with van der Waals surface area (Å²) in [6, 6.07) is 4.07. The molecule has 4 heteroatoms. The Balaban J connectivity index is 1.59. The maximum atomic E-state index is 9.87. The first kappa shape index (κ1) is 14.0. The molecule has 1 heterocycles. The second kappa shape index (κ2) is 6.66. The van der Waals surface area contributed by atoms with Crippen LogP contribution < -0.4 is 5.32 Å². The lowest BCUT2D eigenvalue weighted by atomic mass is 9.75. The van der Waals surface area contributed by atoms with Gasteiger partial charge in [0.2, 0.25) is 0 Å². The molecule has 1 aliphatic carbocycles. The van der Waals surface area contributed by atoms with Crippen LogP contribution in [0.5, 0.6) is 0 Å². The molecule has 1 saturated carbocycles. The number of rotatable bonds is 8. The monoisotopic (exact) mass is 269 g/mol. The predicted octanol–water partition coefficient (Wildman–Crippen LogP) is 2.55. The topological polar surface area (TPSA) is 41.5 Å². The molecule has 102 valence electrons. The second-order valence-corrected chi connectivity index (χ2v) is 6.15. The van der Waals surface area contributed by atoms with E-state index in [1.807, 2.05) is 11.4 Å². The lowest BCUT2D eigenvalue weighted by Crippen LogP contribution is -2.53. The van der Waals surface area contributed by atoms with Gasteiger partial charge in [-0.25, -0.2) is 0 Å². The van der Waals surface area contributed by atoms with Gasteiger partial charge in [-0.15, -0.1) is 11.3 Å². The van der Waals surface area contributed by atoms with E-state index in [-0.39, 0.29) is 0 Å². The standard InChI is InChI=1S/C14H23NO2S/c1-2-14(6-4-7-14)15-9-12(16)10-17-11-13-5-3-8-18-13/h3,5,8,12,15-16H,2,4,6-7,9-11H2,1H3. The van der Waals surface area contributed by atoms with E-state index in [0.717, 1.165) is 6.42 Å². The third-order valence-electron chi connectivity index (χ3n) is 3.83. The highest BCUT2D eigenvalue weighted by molar-refractivity contribution is 7.09. The lowest BCUT2D eigenvalue weighted by Gasteiger charge is -2.42. The van der Waals surface area contributed by atoms with Crippen LogP contribution in [0.4, 0.5) is 0 Å². The third-order valence-corrected chi connectivity index (χ3v) is 4.68. The first-order chi connectivity index (χ1) is 8.74. The van der Waals surface area contributed by atoms with E-state index in [9.17, 15) is 5.11 Å². The molecule has 0 radical (unpaired) electrons. The minimum atomic E-state index is -0.408. The van der Waals surface area contributed by atoms with Gasteiger partial charge in [-0.05, 0) is 37.1 Å². The van der Waals surface area contributed by atoms with E-state index in [2.05, 4.69) is 18.3 Å². The van der Waals surface area contributed by atoms with Crippen molar-refractivity contribution < 1.29 is 9.84 Å². The summed E-state index contributed by atoms with van der Waals surface area (Å²) < 4.78 is 5.51. The Labute approximate surface area is 113 Å². The number of hydrogen-bond donors (Lipinski definition) is 2. The zero-order valence-electron chi connectivity index (χ0n) is 11.0. The minimum absolute atomic E-state index is 0.300. The van der Waals surface area contributed by atoms with E-state index in [0.29, 0.717) is 25.3 Å². The third kappa shape index (κ3) is 3.79. The summed E-state index contributed by atoms with van der Waals surface area (Å²) in [6.07, 6.45) is 4.54. The molecule has 1 aromatic rings. The smallest absolute Gasteiger partial charge is 0.0898 e. The van der Waals surface area contributed by atoms with Crippen molar-refractivity contribution in [2.24, 2.45) is 0 Å². The zero-order chi connectivity index (χ0) is 12.8. The Hall–Kier alpha value is -0.420. The maximum absolute atomic E-state index is 9.87. The van der Waals surface area contributed by atoms with Gasteiger partial charge in [-0.1, -0.05) is 13.0 Å². The Morgan fingerprint density at radius 3 is 2.94 bits per heavy atom. The molecule has 1 fully saturated rings. The van der Waals surface area contributed by atoms with Crippen molar-refractivity contribution in [1.82, 2.24) is 5.32 Å². The first-order valence-electron chi connectivity index (χ1n) is 6.77. The van der Waals surface area contributed by atoms with Crippen molar-refractivity contribution in [2.45, 2.75) is 50.9 Å². The van der Waals surface area contributed by atoms with E-state index >= 15 is 0 Å². The molecule has 0 bridgehead atoms. The van der Waals surface area contributed by atoms with Crippen LogP contribution in [0.25, 0.3) is 0 Å². The van der Waals surface area contributed by atoms with Crippen molar-refractivity contribution in [3.63, 3.8) is 0 Å². The van der Waals surface area contributed by atoms with Crippen molar-refractivity contribution >= 4 is 11.3 Å². The second-order valence-electron chi connectivity index (χ2n) is 5.12. The van der Waals surface area contributed by atoms with Crippen LogP contribution in [-0.4, -0.2) is 29.9 Å². The summed E-state index contributed by atoms with van der Waals surface area (Å²) in [6.45, 7) is 3.86. The van der Waals surface area contributed by atoms with E-state index < -0.39 is 6.10 Å². The molecule has 0 spiro atoms. The largest absolute Gasteiger partial charge is 0.389 e. The van der Waals surface area contributed by atoms with Crippen molar-refractivity contribution in [1.29, 1.82) is 0 Å². The molecule has 1 aromatic heterocycles. The average Bonchev–Trinajstić information content (AvgIpc) is 2.81. The summed E-state index contributed by atoms with van der Waals surface area (Å²) in [5.74, 6) is 0. The highest BCUT2D eigenvalue weighted by Crippen LogP contribution is 2.34. The quantitative estimate of drug-likeness (QED) is 0.762. The Kier molecular flexibility index (Phi) is 5.18. The minimum Gasteiger partial charge on any atom is -0.389 e. The fraction of sp³-hybridized carbons (Fsp3) is 0.714. The zero-order valence-corrected chi connectivity index (χ0v) is 11.8. The lowest BCUT2D eigenvalue weighted by molar-refractivity contribution is 0.0210. The summed E-state index contributed by atoms with van der Waals surface area (Å²) in [7, 11) is 0. The van der Waals surface area contributed by atoms with E-state index in [1.54, 1.807) is 11.3 Å². The fourth-order valence-electron chi connectivity index (χ4n) is 2.34. The number of aliphatic hydroxyl groups excluding tert-OH is 1. The van der Waals surface area contributed by atoms with Crippen LogP contribution in [-0.2, 0) is 11.3 Å². The molecular formula is C14H23NO2S. The first-order valence-corrected chi connectivity index (χ1v) is 7.65. The summed E-state index contributed by atoms with van der Waals surface area (Å²) >= 11 is 1.69. The molecule has 0 saturated heterocycles. The predicted molar refractivity (Wildman–Crippen MR) is 74.9 cm³/mol. The van der Waals surface area contributed by atoms with Gasteiger partial charge in [0.15, 0.2) is 0 Å². The molecule has 1 unspecified atom stereocenters. The van der Waals surface area contributed by atoms with Crippen LogP contribution in [0.15, 0.2) is 17.5 Å². The molecule has 2 N–H and O–H groups in total. The highest BCUT2D eigenvalue weighted by Gasteiger charge is 2.34. The Bertz CT molecular complexity index is 330. The number of aliphatic hydroxyl groups is 1. The number of ether oxygens (including phenoxy) is 1. The van der Waals surface area contributed by atoms with Gasteiger partial charge in [-0.2, -0.15) is 0 Å². The van der Waals surface area contributed by atoms with Gasteiger partial charge in [0.1, 0.15) is 0 Å². The highest BCUT2D eigenvalue weighted by atomic mass is 32.1. The van der Waals surface area contributed by atoms with Gasteiger partial charge >= 0.3 is 0 Å². The normalized spacial score (nSPS) is 19.4.